The minimum atomic E-state index is -0.549. The van der Waals surface area contributed by atoms with Crippen molar-refractivity contribution in [3.05, 3.63) is 35.2 Å². The van der Waals surface area contributed by atoms with Crippen molar-refractivity contribution in [2.24, 2.45) is 11.7 Å². The molecule has 2 fully saturated rings. The van der Waals surface area contributed by atoms with Crippen molar-refractivity contribution in [2.45, 2.75) is 63.6 Å². The number of nitrogens with two attached hydrogens (primary N) is 1. The molecule has 1 saturated heterocycles. The molecule has 3 aromatic rings. The molecule has 9 nitrogen and oxygen atoms in total. The molecule has 1 saturated carbocycles. The molecule has 1 aromatic carbocycles. The van der Waals surface area contributed by atoms with Crippen LogP contribution in [0, 0.1) is 11.7 Å². The van der Waals surface area contributed by atoms with Crippen LogP contribution in [0.5, 0.6) is 0 Å². The number of carbonyl (C=O) groups excluding carboxylic acids is 1. The van der Waals surface area contributed by atoms with Crippen molar-refractivity contribution >= 4 is 46.3 Å². The van der Waals surface area contributed by atoms with Crippen LogP contribution in [0.3, 0.4) is 0 Å². The third kappa shape index (κ3) is 5.04. The van der Waals surface area contributed by atoms with Crippen molar-refractivity contribution in [3.8, 4) is 0 Å². The first-order valence-electron chi connectivity index (χ1n) is 12.0. The van der Waals surface area contributed by atoms with Crippen LogP contribution < -0.4 is 16.4 Å². The van der Waals surface area contributed by atoms with Gasteiger partial charge < -0.3 is 21.1 Å². The molecule has 11 heteroatoms. The Kier molecular flexibility index (Phi) is 6.75. The Labute approximate surface area is 207 Å². The fraction of sp³-hybridized carbons (Fsp3) is 0.500. The zero-order chi connectivity index (χ0) is 24.5. The van der Waals surface area contributed by atoms with Gasteiger partial charge in [0.1, 0.15) is 5.52 Å². The summed E-state index contributed by atoms with van der Waals surface area (Å²) < 4.78 is 22.3. The van der Waals surface area contributed by atoms with Crippen LogP contribution in [0.15, 0.2) is 24.4 Å². The average Bonchev–Trinajstić information content (AvgIpc) is 3.19. The smallest absolute Gasteiger partial charge is 0.224 e. The van der Waals surface area contributed by atoms with Gasteiger partial charge in [0.05, 0.1) is 23.0 Å². The van der Waals surface area contributed by atoms with Gasteiger partial charge in [-0.25, -0.2) is 14.4 Å². The minimum Gasteiger partial charge on any atom is -0.378 e. The number of nitrogens with zero attached hydrogens (tertiary/aromatic N) is 4. The number of hydrogen-bond donors (Lipinski definition) is 3. The van der Waals surface area contributed by atoms with Crippen molar-refractivity contribution in [1.82, 2.24) is 19.5 Å². The number of amides is 1. The number of fused-ring (bicyclic) bond motifs is 1. The van der Waals surface area contributed by atoms with Gasteiger partial charge in [-0.15, -0.1) is 0 Å². The number of primary amides is 1. The summed E-state index contributed by atoms with van der Waals surface area (Å²) in [4.78, 5) is 25.7. The topological polar surface area (TPSA) is 120 Å². The van der Waals surface area contributed by atoms with E-state index in [1.54, 1.807) is 18.3 Å². The lowest BCUT2D eigenvalue weighted by molar-refractivity contribution is -0.122. The maximum atomic E-state index is 14.7. The van der Waals surface area contributed by atoms with Gasteiger partial charge >= 0.3 is 0 Å². The van der Waals surface area contributed by atoms with E-state index in [4.69, 9.17) is 27.1 Å². The standard InChI is InChI=1S/C24H29ClFN7O2/c1-13-11-15(9-10-35-13)29-23-28-12-19-22(32-23)33(16-7-5-14(6-8-16)21(27)34)24(31-19)30-18-4-2-3-17(25)20(18)26/h2-4,12-16H,5-11H2,1H3,(H2,27,34)(H,30,31)(H,28,29,32)/t13-,14?,15-,16?/m0/s1. The molecule has 0 bridgehead atoms. The van der Waals surface area contributed by atoms with Gasteiger partial charge in [0, 0.05) is 24.6 Å². The number of aromatic nitrogens is 4. The quantitative estimate of drug-likeness (QED) is 0.453. The molecule has 186 valence electrons. The fourth-order valence-electron chi connectivity index (χ4n) is 5.05. The first-order chi connectivity index (χ1) is 16.9. The van der Waals surface area contributed by atoms with Gasteiger partial charge in [-0.1, -0.05) is 17.7 Å². The number of imidazole rings is 1. The van der Waals surface area contributed by atoms with Crippen LogP contribution in [0.1, 0.15) is 51.5 Å². The Hall–Kier alpha value is -2.98. The zero-order valence-corrected chi connectivity index (χ0v) is 20.3. The van der Waals surface area contributed by atoms with Crippen LogP contribution >= 0.6 is 11.6 Å². The average molecular weight is 502 g/mol. The molecular formula is C24H29ClFN7O2. The second kappa shape index (κ2) is 9.94. The van der Waals surface area contributed by atoms with Gasteiger partial charge in [-0.3, -0.25) is 9.36 Å². The summed E-state index contributed by atoms with van der Waals surface area (Å²) in [5.74, 6) is 0.0224. The van der Waals surface area contributed by atoms with Gasteiger partial charge in [-0.2, -0.15) is 4.98 Å². The number of benzene rings is 1. The van der Waals surface area contributed by atoms with Crippen LogP contribution in [0.25, 0.3) is 11.2 Å². The van der Waals surface area contributed by atoms with E-state index >= 15 is 0 Å². The molecule has 2 aliphatic rings. The lowest BCUT2D eigenvalue weighted by Crippen LogP contribution is -2.33. The minimum absolute atomic E-state index is 0.0196. The first-order valence-corrected chi connectivity index (χ1v) is 12.4. The highest BCUT2D eigenvalue weighted by Gasteiger charge is 2.29. The lowest BCUT2D eigenvalue weighted by atomic mass is 9.85. The number of nitrogens with one attached hydrogen (secondary N) is 2. The summed E-state index contributed by atoms with van der Waals surface area (Å²) in [5.41, 5.74) is 7.01. The van der Waals surface area contributed by atoms with Crippen LogP contribution in [-0.4, -0.2) is 44.2 Å². The van der Waals surface area contributed by atoms with E-state index in [9.17, 15) is 9.18 Å². The number of carbonyl (C=O) groups is 1. The molecule has 3 heterocycles. The Balaban J connectivity index is 1.50. The predicted octanol–water partition coefficient (Wildman–Crippen LogP) is 4.56. The molecule has 4 N–H and O–H groups in total. The van der Waals surface area contributed by atoms with Crippen molar-refractivity contribution in [2.75, 3.05) is 17.2 Å². The third-order valence-electron chi connectivity index (χ3n) is 6.91. The summed E-state index contributed by atoms with van der Waals surface area (Å²) in [6.07, 6.45) is 6.44. The fourth-order valence-corrected chi connectivity index (χ4v) is 5.22. The first kappa shape index (κ1) is 23.7. The van der Waals surface area contributed by atoms with Crippen LogP contribution in [0.2, 0.25) is 5.02 Å². The highest BCUT2D eigenvalue weighted by molar-refractivity contribution is 6.31. The van der Waals surface area contributed by atoms with E-state index in [-0.39, 0.29) is 40.7 Å². The zero-order valence-electron chi connectivity index (χ0n) is 19.5. The van der Waals surface area contributed by atoms with Crippen molar-refractivity contribution < 1.29 is 13.9 Å². The summed E-state index contributed by atoms with van der Waals surface area (Å²) >= 11 is 5.99. The van der Waals surface area contributed by atoms with Gasteiger partial charge in [-0.05, 0) is 57.6 Å². The van der Waals surface area contributed by atoms with E-state index in [0.717, 1.165) is 25.7 Å². The Morgan fingerprint density at radius 2 is 2.03 bits per heavy atom. The molecule has 2 aromatic heterocycles. The molecule has 0 radical (unpaired) electrons. The molecule has 0 unspecified atom stereocenters. The molecule has 1 aliphatic carbocycles. The maximum Gasteiger partial charge on any atom is 0.224 e. The van der Waals surface area contributed by atoms with Crippen LogP contribution in [-0.2, 0) is 9.53 Å². The highest BCUT2D eigenvalue weighted by atomic mass is 35.5. The van der Waals surface area contributed by atoms with E-state index in [0.29, 0.717) is 42.5 Å². The lowest BCUT2D eigenvalue weighted by Gasteiger charge is -2.29. The Morgan fingerprint density at radius 3 is 2.77 bits per heavy atom. The number of ether oxygens (including phenoxy) is 1. The molecule has 35 heavy (non-hydrogen) atoms. The Bertz CT molecular complexity index is 1230. The third-order valence-corrected chi connectivity index (χ3v) is 7.21. The summed E-state index contributed by atoms with van der Waals surface area (Å²) in [6.45, 7) is 2.75. The number of halogens is 2. The number of hydrogen-bond acceptors (Lipinski definition) is 7. The van der Waals surface area contributed by atoms with Crippen molar-refractivity contribution in [1.29, 1.82) is 0 Å². The second-order valence-electron chi connectivity index (χ2n) is 9.39. The van der Waals surface area contributed by atoms with E-state index < -0.39 is 5.82 Å². The molecule has 5 rings (SSSR count). The highest BCUT2D eigenvalue weighted by Crippen LogP contribution is 2.37. The van der Waals surface area contributed by atoms with E-state index in [2.05, 4.69) is 27.5 Å². The largest absolute Gasteiger partial charge is 0.378 e. The maximum absolute atomic E-state index is 14.7. The SMILES string of the molecule is C[C@H]1C[C@@H](Nc2ncc3nc(Nc4cccc(Cl)c4F)n(C4CCC(C(N)=O)CC4)c3n2)CCO1. The molecule has 1 aliphatic heterocycles. The molecule has 0 spiro atoms. The van der Waals surface area contributed by atoms with Gasteiger partial charge in [0.15, 0.2) is 11.5 Å². The Morgan fingerprint density at radius 1 is 1.23 bits per heavy atom. The summed E-state index contributed by atoms with van der Waals surface area (Å²) in [5, 5.41) is 6.56. The second-order valence-corrected chi connectivity index (χ2v) is 9.80. The predicted molar refractivity (Wildman–Crippen MR) is 132 cm³/mol. The molecular weight excluding hydrogens is 473 g/mol. The monoisotopic (exact) mass is 501 g/mol. The van der Waals surface area contributed by atoms with Gasteiger partial charge in [0.2, 0.25) is 17.8 Å². The molecule has 2 atom stereocenters. The normalized spacial score (nSPS) is 24.9. The molecule has 1 amide bonds. The van der Waals surface area contributed by atoms with E-state index in [1.165, 1.54) is 6.07 Å². The summed E-state index contributed by atoms with van der Waals surface area (Å²) in [7, 11) is 0. The number of rotatable bonds is 6. The van der Waals surface area contributed by atoms with Crippen molar-refractivity contribution in [3.63, 3.8) is 0 Å². The van der Waals surface area contributed by atoms with E-state index in [1.807, 2.05) is 4.57 Å². The number of anilines is 3. The van der Waals surface area contributed by atoms with Gasteiger partial charge in [0.25, 0.3) is 0 Å². The summed E-state index contributed by atoms with van der Waals surface area (Å²) in [6, 6.07) is 5.02. The van der Waals surface area contributed by atoms with Crippen LogP contribution in [0.4, 0.5) is 22.0 Å².